The topological polar surface area (TPSA) is 77.0 Å². The fourth-order valence-electron chi connectivity index (χ4n) is 1.63. The van der Waals surface area contributed by atoms with Crippen molar-refractivity contribution in [2.24, 2.45) is 5.73 Å². The molecule has 0 unspecified atom stereocenters. The van der Waals surface area contributed by atoms with E-state index in [2.05, 4.69) is 10.3 Å². The van der Waals surface area contributed by atoms with Gasteiger partial charge in [0.15, 0.2) is 0 Å². The lowest BCUT2D eigenvalue weighted by molar-refractivity contribution is -0.131. The van der Waals surface area contributed by atoms with E-state index in [1.165, 1.54) is 0 Å². The van der Waals surface area contributed by atoms with Gasteiger partial charge in [0.2, 0.25) is 5.91 Å². The van der Waals surface area contributed by atoms with Crippen molar-refractivity contribution in [3.05, 3.63) is 11.9 Å². The smallest absolute Gasteiger partial charge is 0.244 e. The van der Waals surface area contributed by atoms with Gasteiger partial charge in [-0.25, -0.2) is 4.68 Å². The van der Waals surface area contributed by atoms with Crippen LogP contribution < -0.4 is 5.73 Å². The first-order valence-electron chi connectivity index (χ1n) is 6.08. The first-order valence-corrected chi connectivity index (χ1v) is 6.08. The molecule has 0 aliphatic heterocycles. The van der Waals surface area contributed by atoms with E-state index in [-0.39, 0.29) is 12.5 Å². The summed E-state index contributed by atoms with van der Waals surface area (Å²) in [7, 11) is 0. The molecule has 1 amide bonds. The molecule has 1 rings (SSSR count). The van der Waals surface area contributed by atoms with Crippen LogP contribution in [0.1, 0.15) is 26.0 Å². The zero-order chi connectivity index (χ0) is 12.7. The van der Waals surface area contributed by atoms with Crippen LogP contribution in [-0.4, -0.2) is 45.4 Å². The third-order valence-electron chi connectivity index (χ3n) is 2.64. The molecule has 1 aromatic heterocycles. The van der Waals surface area contributed by atoms with Crippen molar-refractivity contribution in [3.63, 3.8) is 0 Å². The Morgan fingerprint density at radius 3 is 2.76 bits per heavy atom. The first-order chi connectivity index (χ1) is 8.21. The van der Waals surface area contributed by atoms with Gasteiger partial charge in [-0.1, -0.05) is 5.21 Å². The number of hydrogen-bond donors (Lipinski definition) is 1. The molecule has 0 aromatic carbocycles. The predicted octanol–water partition coefficient (Wildman–Crippen LogP) is 0.0378. The maximum Gasteiger partial charge on any atom is 0.244 e. The highest BCUT2D eigenvalue weighted by molar-refractivity contribution is 5.75. The number of amides is 1. The lowest BCUT2D eigenvalue weighted by atomic mass is 10.2. The van der Waals surface area contributed by atoms with Gasteiger partial charge in [0.05, 0.1) is 5.69 Å². The number of carbonyl (C=O) groups excluding carboxylic acids is 1. The van der Waals surface area contributed by atoms with Gasteiger partial charge in [0.25, 0.3) is 0 Å². The molecule has 17 heavy (non-hydrogen) atoms. The number of carbonyl (C=O) groups is 1. The average Bonchev–Trinajstić information content (AvgIpc) is 2.75. The molecular weight excluding hydrogens is 218 g/mol. The number of likely N-dealkylation sites (N-methyl/N-ethyl adjacent to an activating group) is 1. The van der Waals surface area contributed by atoms with Crippen LogP contribution in [-0.2, 0) is 17.8 Å². The van der Waals surface area contributed by atoms with Gasteiger partial charge in [0.1, 0.15) is 6.54 Å². The molecule has 1 heterocycles. The number of aromatic nitrogens is 3. The number of nitrogens with zero attached hydrogens (tertiary/aromatic N) is 4. The molecular formula is C11H21N5O. The van der Waals surface area contributed by atoms with E-state index in [1.54, 1.807) is 9.58 Å². The molecule has 0 aliphatic carbocycles. The van der Waals surface area contributed by atoms with Crippen molar-refractivity contribution in [2.45, 2.75) is 33.2 Å². The maximum atomic E-state index is 11.8. The number of hydrogen-bond acceptors (Lipinski definition) is 4. The summed E-state index contributed by atoms with van der Waals surface area (Å²) in [5.74, 6) is 0.0743. The van der Waals surface area contributed by atoms with Crippen molar-refractivity contribution < 1.29 is 4.79 Å². The minimum Gasteiger partial charge on any atom is -0.342 e. The highest BCUT2D eigenvalue weighted by Crippen LogP contribution is 1.99. The molecule has 96 valence electrons. The molecule has 0 aliphatic rings. The standard InChI is InChI=1S/C11H21N5O/c1-3-15(4-2)11(17)9-16-8-10(13-14-16)6-5-7-12/h8H,3-7,9,12H2,1-2H3. The summed E-state index contributed by atoms with van der Waals surface area (Å²) in [6.45, 7) is 6.29. The fourth-order valence-corrected chi connectivity index (χ4v) is 1.63. The quantitative estimate of drug-likeness (QED) is 0.728. The van der Waals surface area contributed by atoms with Crippen molar-refractivity contribution >= 4 is 5.91 Å². The lowest BCUT2D eigenvalue weighted by Crippen LogP contribution is -2.33. The second kappa shape index (κ2) is 7.01. The lowest BCUT2D eigenvalue weighted by Gasteiger charge is -2.17. The van der Waals surface area contributed by atoms with E-state index in [4.69, 9.17) is 5.73 Å². The second-order valence-electron chi connectivity index (χ2n) is 3.87. The van der Waals surface area contributed by atoms with Crippen LogP contribution in [0.15, 0.2) is 6.20 Å². The van der Waals surface area contributed by atoms with E-state index in [1.807, 2.05) is 20.0 Å². The van der Waals surface area contributed by atoms with Crippen LogP contribution in [0.4, 0.5) is 0 Å². The summed E-state index contributed by atoms with van der Waals surface area (Å²) >= 11 is 0. The monoisotopic (exact) mass is 239 g/mol. The molecule has 0 bridgehead atoms. The van der Waals surface area contributed by atoms with E-state index in [9.17, 15) is 4.79 Å². The van der Waals surface area contributed by atoms with Crippen LogP contribution in [0.25, 0.3) is 0 Å². The summed E-state index contributed by atoms with van der Waals surface area (Å²) in [6, 6.07) is 0. The van der Waals surface area contributed by atoms with Crippen LogP contribution >= 0.6 is 0 Å². The van der Waals surface area contributed by atoms with Crippen molar-refractivity contribution in [2.75, 3.05) is 19.6 Å². The summed E-state index contributed by atoms with van der Waals surface area (Å²) in [5, 5.41) is 7.94. The Bertz CT molecular complexity index is 345. The predicted molar refractivity (Wildman–Crippen MR) is 65.3 cm³/mol. The minimum atomic E-state index is 0.0743. The number of aryl methyl sites for hydroxylation is 1. The Labute approximate surface area is 102 Å². The van der Waals surface area contributed by atoms with Gasteiger partial charge in [-0.2, -0.15) is 0 Å². The zero-order valence-corrected chi connectivity index (χ0v) is 10.6. The van der Waals surface area contributed by atoms with Gasteiger partial charge in [-0.05, 0) is 33.2 Å². The number of rotatable bonds is 7. The molecule has 1 aromatic rings. The minimum absolute atomic E-state index is 0.0743. The summed E-state index contributed by atoms with van der Waals surface area (Å²) in [4.78, 5) is 13.6. The third-order valence-corrected chi connectivity index (χ3v) is 2.64. The first kappa shape index (κ1) is 13.6. The summed E-state index contributed by atoms with van der Waals surface area (Å²) in [5.41, 5.74) is 6.32. The van der Waals surface area contributed by atoms with Crippen LogP contribution in [0, 0.1) is 0 Å². The Balaban J connectivity index is 2.51. The molecule has 6 heteroatoms. The summed E-state index contributed by atoms with van der Waals surface area (Å²) < 4.78 is 1.59. The number of nitrogens with two attached hydrogens (primary N) is 1. The van der Waals surface area contributed by atoms with Crippen LogP contribution in [0.3, 0.4) is 0 Å². The molecule has 0 atom stereocenters. The van der Waals surface area contributed by atoms with Crippen LogP contribution in [0.5, 0.6) is 0 Å². The zero-order valence-electron chi connectivity index (χ0n) is 10.6. The van der Waals surface area contributed by atoms with Crippen molar-refractivity contribution in [1.29, 1.82) is 0 Å². The van der Waals surface area contributed by atoms with E-state index >= 15 is 0 Å². The highest BCUT2D eigenvalue weighted by Gasteiger charge is 2.11. The van der Waals surface area contributed by atoms with Gasteiger partial charge in [-0.3, -0.25) is 4.79 Å². The molecule has 0 radical (unpaired) electrons. The second-order valence-corrected chi connectivity index (χ2v) is 3.87. The molecule has 0 saturated heterocycles. The Hall–Kier alpha value is -1.43. The molecule has 0 saturated carbocycles. The Kier molecular flexibility index (Phi) is 5.62. The highest BCUT2D eigenvalue weighted by atomic mass is 16.2. The fraction of sp³-hybridized carbons (Fsp3) is 0.727. The summed E-state index contributed by atoms with van der Waals surface area (Å²) in [6.07, 6.45) is 3.52. The Morgan fingerprint density at radius 1 is 1.47 bits per heavy atom. The molecule has 0 spiro atoms. The van der Waals surface area contributed by atoms with Crippen molar-refractivity contribution in [3.8, 4) is 0 Å². The van der Waals surface area contributed by atoms with E-state index in [0.29, 0.717) is 6.54 Å². The molecule has 0 fully saturated rings. The van der Waals surface area contributed by atoms with E-state index in [0.717, 1.165) is 31.6 Å². The van der Waals surface area contributed by atoms with Gasteiger partial charge in [-0.15, -0.1) is 5.10 Å². The average molecular weight is 239 g/mol. The van der Waals surface area contributed by atoms with Gasteiger partial charge >= 0.3 is 0 Å². The molecule has 6 nitrogen and oxygen atoms in total. The Morgan fingerprint density at radius 2 is 2.18 bits per heavy atom. The van der Waals surface area contributed by atoms with Gasteiger partial charge in [0, 0.05) is 19.3 Å². The SMILES string of the molecule is CCN(CC)C(=O)Cn1cc(CCCN)nn1. The molecule has 2 N–H and O–H groups in total. The van der Waals surface area contributed by atoms with Gasteiger partial charge < -0.3 is 10.6 Å². The van der Waals surface area contributed by atoms with Crippen molar-refractivity contribution in [1.82, 2.24) is 19.9 Å². The maximum absolute atomic E-state index is 11.8. The third kappa shape index (κ3) is 4.14. The largest absolute Gasteiger partial charge is 0.342 e. The van der Waals surface area contributed by atoms with E-state index < -0.39 is 0 Å². The van der Waals surface area contributed by atoms with Crippen LogP contribution in [0.2, 0.25) is 0 Å². The normalized spacial score (nSPS) is 10.5.